The van der Waals surface area contributed by atoms with Crippen LogP contribution < -0.4 is 10.2 Å². The molecular weight excluding hydrogens is 982 g/mol. The quantitative estimate of drug-likeness (QED) is 0.0269. The lowest BCUT2D eigenvalue weighted by Crippen LogP contribution is -2.67. The van der Waals surface area contributed by atoms with E-state index in [0.29, 0.717) is 12.8 Å². The largest absolute Gasteiger partial charge is 0.756 e. The third kappa shape index (κ3) is 27.8. The van der Waals surface area contributed by atoms with Gasteiger partial charge in [-0.15, -0.1) is 0 Å². The van der Waals surface area contributed by atoms with Gasteiger partial charge in [0.2, 0.25) is 5.91 Å². The predicted octanol–water partition coefficient (Wildman–Crippen LogP) is 5.37. The number of ether oxygens (including phenoxy) is 2. The summed E-state index contributed by atoms with van der Waals surface area (Å²) < 4.78 is 34.4. The van der Waals surface area contributed by atoms with Crippen molar-refractivity contribution in [1.29, 1.82) is 0 Å². The average molecular weight is 1090 g/mol. The van der Waals surface area contributed by atoms with E-state index in [0.717, 1.165) is 57.8 Å². The molecule has 1 aliphatic carbocycles. The number of unbranched alkanes of at least 4 members (excludes halogenated alkanes) is 30. The van der Waals surface area contributed by atoms with Crippen LogP contribution in [0.2, 0.25) is 0 Å². The lowest BCUT2D eigenvalue weighted by Gasteiger charge is -2.47. The fourth-order valence-electron chi connectivity index (χ4n) is 10.0. The smallest absolute Gasteiger partial charge is 0.268 e. The SMILES string of the molecule is CCCCCCCCCCCCCCCCCCCCCC[C@H](O)C(=O)N[C@@H](COP(=O)([O-])O[C@@H]1[C@H](O)[C@H](O)[C@@H](O)[C@H](O)[C@H]1O[C@@H]1O[C@H](CO)[C@@H](O)[C@H](O)[C@@H]1O)[C@H](O)[C@H](O)CCCCCCCCCCCCCC. The molecule has 1 heterocycles. The van der Waals surface area contributed by atoms with Crippen molar-refractivity contribution in [2.24, 2.45) is 0 Å². The van der Waals surface area contributed by atoms with Crippen LogP contribution in [0.3, 0.4) is 0 Å². The highest BCUT2D eigenvalue weighted by atomic mass is 31.2. The van der Waals surface area contributed by atoms with Crippen LogP contribution in [-0.4, -0.2) is 167 Å². The van der Waals surface area contributed by atoms with Gasteiger partial charge in [0.1, 0.15) is 73.2 Å². The lowest BCUT2D eigenvalue weighted by molar-refractivity contribution is -0.341. The second-order valence-electron chi connectivity index (χ2n) is 21.4. The number of carbonyl (C=O) groups is 1. The van der Waals surface area contributed by atoms with Crippen LogP contribution in [0.4, 0.5) is 0 Å². The molecule has 0 spiro atoms. The van der Waals surface area contributed by atoms with Gasteiger partial charge in [0, 0.05) is 0 Å². The third-order valence-electron chi connectivity index (χ3n) is 15.0. The van der Waals surface area contributed by atoms with Crippen LogP contribution >= 0.6 is 7.82 Å². The molecule has 1 saturated carbocycles. The number of aliphatic hydroxyl groups excluding tert-OH is 11. The van der Waals surface area contributed by atoms with Crippen molar-refractivity contribution in [3.05, 3.63) is 0 Å². The van der Waals surface area contributed by atoms with Crippen molar-refractivity contribution in [2.75, 3.05) is 13.2 Å². The number of carbonyl (C=O) groups excluding carboxylic acids is 1. The normalized spacial score (nSPS) is 27.9. The van der Waals surface area contributed by atoms with Crippen LogP contribution in [0.25, 0.3) is 0 Å². The highest BCUT2D eigenvalue weighted by Crippen LogP contribution is 2.44. The fraction of sp³-hybridized carbons (Fsp3) is 0.981. The molecule has 440 valence electrons. The van der Waals surface area contributed by atoms with E-state index in [1.807, 2.05) is 0 Å². The molecule has 0 radical (unpaired) electrons. The minimum atomic E-state index is -5.74. The number of phosphoric acid groups is 1. The molecule has 16 atom stereocenters. The Morgan fingerprint density at radius 1 is 0.527 bits per heavy atom. The molecule has 2 fully saturated rings. The zero-order valence-electron chi connectivity index (χ0n) is 45.3. The third-order valence-corrected chi connectivity index (χ3v) is 15.9. The number of aliphatic hydroxyl groups is 11. The summed E-state index contributed by atoms with van der Waals surface area (Å²) in [6, 6.07) is -1.62. The highest BCUT2D eigenvalue weighted by Gasteiger charge is 2.54. The Hall–Kier alpha value is -0.940. The van der Waals surface area contributed by atoms with E-state index in [-0.39, 0.29) is 12.8 Å². The van der Waals surface area contributed by atoms with Gasteiger partial charge in [-0.1, -0.05) is 219 Å². The molecule has 0 bridgehead atoms. The summed E-state index contributed by atoms with van der Waals surface area (Å²) in [6.45, 7) is 2.52. The number of hydrogen-bond acceptors (Lipinski definition) is 18. The van der Waals surface area contributed by atoms with Crippen LogP contribution in [0.5, 0.6) is 0 Å². The first-order chi connectivity index (χ1) is 35.5. The van der Waals surface area contributed by atoms with Crippen LogP contribution in [0.15, 0.2) is 0 Å². The highest BCUT2D eigenvalue weighted by molar-refractivity contribution is 7.45. The number of amides is 1. The molecule has 74 heavy (non-hydrogen) atoms. The van der Waals surface area contributed by atoms with Gasteiger partial charge in [0.15, 0.2) is 6.29 Å². The molecule has 19 nitrogen and oxygen atoms in total. The maximum Gasteiger partial charge on any atom is 0.268 e. The first-order valence-electron chi connectivity index (χ1n) is 29.2. The van der Waals surface area contributed by atoms with Gasteiger partial charge in [0.05, 0.1) is 25.4 Å². The molecule has 1 unspecified atom stereocenters. The van der Waals surface area contributed by atoms with Crippen LogP contribution in [-0.2, 0) is 27.9 Å². The van der Waals surface area contributed by atoms with Gasteiger partial charge in [-0.3, -0.25) is 9.36 Å². The Morgan fingerprint density at radius 3 is 1.30 bits per heavy atom. The molecule has 0 aromatic rings. The van der Waals surface area contributed by atoms with Gasteiger partial charge in [-0.05, 0) is 12.8 Å². The Kier molecular flexibility index (Phi) is 38.4. The first-order valence-corrected chi connectivity index (χ1v) is 30.6. The van der Waals surface area contributed by atoms with E-state index in [9.17, 15) is 70.4 Å². The number of hydrogen-bond donors (Lipinski definition) is 12. The van der Waals surface area contributed by atoms with Crippen molar-refractivity contribution in [2.45, 2.75) is 324 Å². The van der Waals surface area contributed by atoms with E-state index in [4.69, 9.17) is 18.5 Å². The fourth-order valence-corrected chi connectivity index (χ4v) is 11.0. The molecule has 1 amide bonds. The Morgan fingerprint density at radius 2 is 0.892 bits per heavy atom. The van der Waals surface area contributed by atoms with Crippen molar-refractivity contribution in [1.82, 2.24) is 5.32 Å². The molecular formula is C54H105NO18P-. The number of nitrogens with one attached hydrogen (secondary N) is 1. The summed E-state index contributed by atoms with van der Waals surface area (Å²) in [6.07, 6.45) is 9.78. The lowest BCUT2D eigenvalue weighted by atomic mass is 9.84. The second-order valence-corrected chi connectivity index (χ2v) is 22.8. The topological polar surface area (TPSA) is 329 Å². The van der Waals surface area contributed by atoms with Gasteiger partial charge < -0.3 is 84.9 Å². The van der Waals surface area contributed by atoms with E-state index in [1.165, 1.54) is 135 Å². The van der Waals surface area contributed by atoms with Crippen LogP contribution in [0.1, 0.15) is 232 Å². The molecule has 1 aliphatic heterocycles. The zero-order valence-corrected chi connectivity index (χ0v) is 46.2. The van der Waals surface area contributed by atoms with Gasteiger partial charge in [0.25, 0.3) is 7.82 Å². The minimum Gasteiger partial charge on any atom is -0.756 e. The zero-order chi connectivity index (χ0) is 54.7. The molecule has 1 saturated heterocycles. The van der Waals surface area contributed by atoms with E-state index in [1.54, 1.807) is 0 Å². The maximum atomic E-state index is 13.5. The summed E-state index contributed by atoms with van der Waals surface area (Å²) in [4.78, 5) is 26.8. The summed E-state index contributed by atoms with van der Waals surface area (Å²) in [5.41, 5.74) is 0. The minimum absolute atomic E-state index is 0.0882. The van der Waals surface area contributed by atoms with E-state index >= 15 is 0 Å². The molecule has 12 N–H and O–H groups in total. The second kappa shape index (κ2) is 41.1. The van der Waals surface area contributed by atoms with Crippen molar-refractivity contribution >= 4 is 13.7 Å². The van der Waals surface area contributed by atoms with Crippen molar-refractivity contribution in [3.63, 3.8) is 0 Å². The standard InChI is InChI=1S/C54H106NO18P/c1-3-5-7-9-11-13-15-17-18-19-20-21-22-23-24-26-28-30-32-34-36-41(58)53(67)55-39(43(59)40(57)35-33-31-29-27-25-16-14-12-10-8-6-4-2)38-70-74(68,69)73-52-49(65)47(63)46(62)48(64)51(52)72-54-50(66)45(61)44(60)42(37-56)71-54/h39-52,54,56-66H,3-38H2,1-2H3,(H,55,67)(H,68,69)/p-1/t39-,40+,41-,42+,43-,44+,45-,46+,47+,48-,49+,50-,51+,52+,54-/m0/s1. The predicted molar refractivity (Wildman–Crippen MR) is 279 cm³/mol. The van der Waals surface area contributed by atoms with E-state index < -0.39 is 119 Å². The van der Waals surface area contributed by atoms with Crippen molar-refractivity contribution < 1.29 is 88.9 Å². The first kappa shape index (κ1) is 69.2. The summed E-state index contributed by atoms with van der Waals surface area (Å²) in [5.74, 6) is -0.939. The van der Waals surface area contributed by atoms with Crippen molar-refractivity contribution in [3.8, 4) is 0 Å². The van der Waals surface area contributed by atoms with Gasteiger partial charge in [-0.2, -0.15) is 0 Å². The number of phosphoric ester groups is 1. The molecule has 0 aromatic carbocycles. The Labute approximate surface area is 443 Å². The molecule has 2 aliphatic rings. The van der Waals surface area contributed by atoms with Crippen LogP contribution in [0, 0.1) is 0 Å². The molecule has 20 heteroatoms. The van der Waals surface area contributed by atoms with Gasteiger partial charge in [-0.25, -0.2) is 0 Å². The average Bonchev–Trinajstić information content (AvgIpc) is 3.38. The van der Waals surface area contributed by atoms with E-state index in [2.05, 4.69) is 19.2 Å². The summed E-state index contributed by atoms with van der Waals surface area (Å²) >= 11 is 0. The number of rotatable bonds is 46. The summed E-state index contributed by atoms with van der Waals surface area (Å²) in [5, 5.41) is 119. The maximum absolute atomic E-state index is 13.5. The Bertz CT molecular complexity index is 1420. The molecule has 0 aromatic heterocycles. The Balaban J connectivity index is 1.93. The monoisotopic (exact) mass is 1090 g/mol. The van der Waals surface area contributed by atoms with Gasteiger partial charge >= 0.3 is 0 Å². The summed E-state index contributed by atoms with van der Waals surface area (Å²) in [7, 11) is -5.74. The molecule has 2 rings (SSSR count).